The van der Waals surface area contributed by atoms with Crippen LogP contribution in [-0.4, -0.2) is 44.1 Å². The molecule has 0 amide bonds. The summed E-state index contributed by atoms with van der Waals surface area (Å²) in [6.07, 6.45) is 3.27. The first kappa shape index (κ1) is 19.8. The lowest BCUT2D eigenvalue weighted by atomic mass is 10.1. The Balaban J connectivity index is 1.71. The summed E-state index contributed by atoms with van der Waals surface area (Å²) < 4.78 is 7.50. The quantitative estimate of drug-likeness (QED) is 0.444. The van der Waals surface area contributed by atoms with Crippen LogP contribution < -0.4 is 10.1 Å². The van der Waals surface area contributed by atoms with E-state index in [1.54, 1.807) is 10.9 Å². The SMILES string of the molecule is CCCOc1nc(N[C@@H](CO)Cc2ccccc2)c2cnn(-c3ccccc3)c2n1. The van der Waals surface area contributed by atoms with E-state index >= 15 is 0 Å². The Kier molecular flexibility index (Phi) is 6.20. The van der Waals surface area contributed by atoms with E-state index in [0.29, 0.717) is 30.5 Å². The lowest BCUT2D eigenvalue weighted by Crippen LogP contribution is -2.27. The maximum atomic E-state index is 9.96. The molecular formula is C23H25N5O2. The minimum absolute atomic E-state index is 0.0294. The summed E-state index contributed by atoms with van der Waals surface area (Å²) in [6, 6.07) is 20.0. The summed E-state index contributed by atoms with van der Waals surface area (Å²) in [4.78, 5) is 9.16. The highest BCUT2D eigenvalue weighted by atomic mass is 16.5. The third-order valence-corrected chi connectivity index (χ3v) is 4.73. The minimum atomic E-state index is -0.204. The van der Waals surface area contributed by atoms with Crippen molar-refractivity contribution < 1.29 is 9.84 Å². The monoisotopic (exact) mass is 403 g/mol. The van der Waals surface area contributed by atoms with Crippen molar-refractivity contribution in [3.05, 3.63) is 72.4 Å². The van der Waals surface area contributed by atoms with E-state index in [1.165, 1.54) is 0 Å². The molecule has 0 spiro atoms. The van der Waals surface area contributed by atoms with Crippen LogP contribution in [0.4, 0.5) is 5.82 Å². The van der Waals surface area contributed by atoms with Crippen molar-refractivity contribution in [1.29, 1.82) is 0 Å². The predicted molar refractivity (Wildman–Crippen MR) is 117 cm³/mol. The number of hydrogen-bond acceptors (Lipinski definition) is 6. The zero-order chi connectivity index (χ0) is 20.8. The first-order chi connectivity index (χ1) is 14.8. The van der Waals surface area contributed by atoms with Crippen molar-refractivity contribution in [2.75, 3.05) is 18.5 Å². The molecule has 0 saturated carbocycles. The van der Waals surface area contributed by atoms with Crippen LogP contribution in [0.25, 0.3) is 16.7 Å². The van der Waals surface area contributed by atoms with Crippen LogP contribution >= 0.6 is 0 Å². The number of hydrogen-bond donors (Lipinski definition) is 2. The Hall–Kier alpha value is -3.45. The molecule has 0 fully saturated rings. The van der Waals surface area contributed by atoms with E-state index in [2.05, 4.69) is 20.4 Å². The molecule has 2 aromatic heterocycles. The molecule has 2 heterocycles. The van der Waals surface area contributed by atoms with Crippen LogP contribution in [0.5, 0.6) is 6.01 Å². The minimum Gasteiger partial charge on any atom is -0.463 e. The van der Waals surface area contributed by atoms with Gasteiger partial charge in [-0.25, -0.2) is 4.68 Å². The number of fused-ring (bicyclic) bond motifs is 1. The number of nitrogens with zero attached hydrogens (tertiary/aromatic N) is 4. The van der Waals surface area contributed by atoms with E-state index in [-0.39, 0.29) is 12.6 Å². The average molecular weight is 403 g/mol. The summed E-state index contributed by atoms with van der Waals surface area (Å²) in [5, 5.41) is 18.6. The molecule has 0 radical (unpaired) electrons. The fourth-order valence-corrected chi connectivity index (χ4v) is 3.27. The van der Waals surface area contributed by atoms with Crippen LogP contribution in [0.2, 0.25) is 0 Å². The number of rotatable bonds is 9. The Labute approximate surface area is 175 Å². The van der Waals surface area contributed by atoms with Crippen LogP contribution in [0.1, 0.15) is 18.9 Å². The van der Waals surface area contributed by atoms with Crippen molar-refractivity contribution in [3.63, 3.8) is 0 Å². The Bertz CT molecular complexity index is 1080. The standard InChI is InChI=1S/C23H25N5O2/c1-2-13-30-23-26-21(25-18(16-29)14-17-9-5-3-6-10-17)20-15-24-28(22(20)27-23)19-11-7-4-8-12-19/h3-12,15,18,29H,2,13-14,16H2,1H3,(H,25,26,27)/t18-/m1/s1. The normalized spacial score (nSPS) is 12.1. The van der Waals surface area contributed by atoms with Gasteiger partial charge in [-0.3, -0.25) is 0 Å². The Morgan fingerprint density at radius 2 is 1.77 bits per heavy atom. The predicted octanol–water partition coefficient (Wildman–Crippen LogP) is 3.62. The smallest absolute Gasteiger partial charge is 0.320 e. The zero-order valence-corrected chi connectivity index (χ0v) is 16.9. The second-order valence-corrected chi connectivity index (χ2v) is 7.05. The maximum Gasteiger partial charge on any atom is 0.320 e. The van der Waals surface area contributed by atoms with Gasteiger partial charge in [0.25, 0.3) is 0 Å². The first-order valence-electron chi connectivity index (χ1n) is 10.1. The topological polar surface area (TPSA) is 85.1 Å². The number of benzene rings is 2. The van der Waals surface area contributed by atoms with E-state index < -0.39 is 0 Å². The molecule has 0 aliphatic carbocycles. The van der Waals surface area contributed by atoms with Gasteiger partial charge in [0.05, 0.1) is 36.5 Å². The van der Waals surface area contributed by atoms with Gasteiger partial charge in [-0.2, -0.15) is 15.1 Å². The highest BCUT2D eigenvalue weighted by molar-refractivity contribution is 5.87. The molecule has 0 unspecified atom stereocenters. The lowest BCUT2D eigenvalue weighted by Gasteiger charge is -2.18. The lowest BCUT2D eigenvalue weighted by molar-refractivity contribution is 0.273. The Morgan fingerprint density at radius 1 is 1.03 bits per heavy atom. The third-order valence-electron chi connectivity index (χ3n) is 4.73. The molecule has 4 aromatic rings. The number of aliphatic hydroxyl groups is 1. The molecule has 2 N–H and O–H groups in total. The van der Waals surface area contributed by atoms with Crippen molar-refractivity contribution in [1.82, 2.24) is 19.7 Å². The summed E-state index contributed by atoms with van der Waals surface area (Å²) in [5.74, 6) is 0.600. The van der Waals surface area contributed by atoms with Crippen LogP contribution in [-0.2, 0) is 6.42 Å². The molecule has 0 aliphatic heterocycles. The van der Waals surface area contributed by atoms with Crippen LogP contribution in [0, 0.1) is 0 Å². The van der Waals surface area contributed by atoms with Crippen molar-refractivity contribution in [2.45, 2.75) is 25.8 Å². The number of para-hydroxylation sites is 1. The average Bonchev–Trinajstić information content (AvgIpc) is 3.23. The van der Waals surface area contributed by atoms with Crippen molar-refractivity contribution in [2.24, 2.45) is 0 Å². The van der Waals surface area contributed by atoms with Gasteiger partial charge in [0.2, 0.25) is 0 Å². The largest absolute Gasteiger partial charge is 0.463 e. The first-order valence-corrected chi connectivity index (χ1v) is 10.1. The summed E-state index contributed by atoms with van der Waals surface area (Å²) in [7, 11) is 0. The Morgan fingerprint density at radius 3 is 2.47 bits per heavy atom. The molecule has 0 aliphatic rings. The van der Waals surface area contributed by atoms with Gasteiger partial charge >= 0.3 is 6.01 Å². The van der Waals surface area contributed by atoms with Gasteiger partial charge in [0, 0.05) is 0 Å². The summed E-state index contributed by atoms with van der Waals surface area (Å²) >= 11 is 0. The molecule has 7 heteroatoms. The molecule has 2 aromatic carbocycles. The highest BCUT2D eigenvalue weighted by Crippen LogP contribution is 2.26. The number of aliphatic hydroxyl groups excluding tert-OH is 1. The number of anilines is 1. The molecule has 30 heavy (non-hydrogen) atoms. The van der Waals surface area contributed by atoms with E-state index in [1.807, 2.05) is 67.6 Å². The van der Waals surface area contributed by atoms with Gasteiger partial charge in [-0.1, -0.05) is 55.5 Å². The van der Waals surface area contributed by atoms with E-state index in [0.717, 1.165) is 23.1 Å². The second-order valence-electron chi connectivity index (χ2n) is 7.05. The third kappa shape index (κ3) is 4.41. The molecule has 4 rings (SSSR count). The molecule has 0 saturated heterocycles. The van der Waals surface area contributed by atoms with Crippen LogP contribution in [0.15, 0.2) is 66.9 Å². The van der Waals surface area contributed by atoms with Gasteiger partial charge in [-0.15, -0.1) is 0 Å². The van der Waals surface area contributed by atoms with E-state index in [9.17, 15) is 5.11 Å². The number of nitrogens with one attached hydrogen (secondary N) is 1. The second kappa shape index (κ2) is 9.37. The fraction of sp³-hybridized carbons (Fsp3) is 0.261. The maximum absolute atomic E-state index is 9.96. The summed E-state index contributed by atoms with van der Waals surface area (Å²) in [5.41, 5.74) is 2.69. The van der Waals surface area contributed by atoms with Crippen LogP contribution in [0.3, 0.4) is 0 Å². The molecule has 7 nitrogen and oxygen atoms in total. The molecule has 154 valence electrons. The fourth-order valence-electron chi connectivity index (χ4n) is 3.27. The molecule has 1 atom stereocenters. The van der Waals surface area contributed by atoms with Gasteiger partial charge in [0.1, 0.15) is 5.82 Å². The number of ether oxygens (including phenoxy) is 1. The van der Waals surface area contributed by atoms with E-state index in [4.69, 9.17) is 4.74 Å². The number of aromatic nitrogens is 4. The summed E-state index contributed by atoms with van der Waals surface area (Å²) in [6.45, 7) is 2.53. The molecular weight excluding hydrogens is 378 g/mol. The zero-order valence-electron chi connectivity index (χ0n) is 16.9. The van der Waals surface area contributed by atoms with Gasteiger partial charge < -0.3 is 15.2 Å². The van der Waals surface area contributed by atoms with Gasteiger partial charge in [-0.05, 0) is 30.5 Å². The van der Waals surface area contributed by atoms with Crippen molar-refractivity contribution in [3.8, 4) is 11.7 Å². The van der Waals surface area contributed by atoms with Gasteiger partial charge in [0.15, 0.2) is 5.65 Å². The molecule has 0 bridgehead atoms. The van der Waals surface area contributed by atoms with Crippen molar-refractivity contribution >= 4 is 16.9 Å². The highest BCUT2D eigenvalue weighted by Gasteiger charge is 2.18.